The molecule has 2 aromatic heterocycles. The van der Waals surface area contributed by atoms with E-state index in [0.29, 0.717) is 50.5 Å². The molecule has 0 aliphatic carbocycles. The fourth-order valence-electron chi connectivity index (χ4n) is 4.27. The summed E-state index contributed by atoms with van der Waals surface area (Å²) in [4.78, 5) is 32.0. The lowest BCUT2D eigenvalue weighted by Crippen LogP contribution is -2.29. The van der Waals surface area contributed by atoms with E-state index in [9.17, 15) is 9.59 Å². The van der Waals surface area contributed by atoms with Crippen molar-refractivity contribution < 1.29 is 14.7 Å². The van der Waals surface area contributed by atoms with Crippen LogP contribution < -0.4 is 5.32 Å². The van der Waals surface area contributed by atoms with Crippen molar-refractivity contribution in [2.45, 2.75) is 18.9 Å². The summed E-state index contributed by atoms with van der Waals surface area (Å²) in [7, 11) is 0. The van der Waals surface area contributed by atoms with E-state index in [-0.39, 0.29) is 12.3 Å². The lowest BCUT2D eigenvalue weighted by molar-refractivity contribution is -0.136. The highest BCUT2D eigenvalue weighted by atomic mass is 35.5. The van der Waals surface area contributed by atoms with Crippen molar-refractivity contribution in [2.24, 2.45) is 0 Å². The van der Waals surface area contributed by atoms with Crippen molar-refractivity contribution >= 4 is 41.2 Å². The Morgan fingerprint density at radius 3 is 2.51 bits per heavy atom. The number of amides is 1. The number of hydrogen-bond acceptors (Lipinski definition) is 6. The van der Waals surface area contributed by atoms with Crippen LogP contribution in [0.1, 0.15) is 28.6 Å². The molecule has 0 aliphatic rings. The molecule has 0 radical (unpaired) electrons. The van der Waals surface area contributed by atoms with Crippen LogP contribution in [0.2, 0.25) is 10.2 Å². The van der Waals surface area contributed by atoms with Crippen LogP contribution in [0, 0.1) is 0 Å². The molecule has 0 aliphatic heterocycles. The second-order valence-corrected chi connectivity index (χ2v) is 9.91. The maximum Gasteiger partial charge on any atom is 0.307 e. The fourth-order valence-corrected chi connectivity index (χ4v) is 4.70. The van der Waals surface area contributed by atoms with Gasteiger partial charge in [0, 0.05) is 22.2 Å². The minimum absolute atomic E-state index is 0.0784. The van der Waals surface area contributed by atoms with Gasteiger partial charge < -0.3 is 15.4 Å². The van der Waals surface area contributed by atoms with E-state index in [1.165, 1.54) is 17.1 Å². The van der Waals surface area contributed by atoms with Crippen LogP contribution in [0.15, 0.2) is 85.2 Å². The Labute approximate surface area is 244 Å². The SMILES string of the molecule is O=C(O)Cc1ccc(-c2nc([C@H](Cc3ccccc3)NC(=O)/C=C/c3cc(Cl)ccc3-n3cnnn3)[nH]c2Cl)cc1. The number of aliphatic carboxylic acids is 1. The molecule has 0 saturated carbocycles. The van der Waals surface area contributed by atoms with Crippen LogP contribution in [0.3, 0.4) is 0 Å². The smallest absolute Gasteiger partial charge is 0.307 e. The summed E-state index contributed by atoms with van der Waals surface area (Å²) < 4.78 is 1.48. The summed E-state index contributed by atoms with van der Waals surface area (Å²) in [6.07, 6.45) is 4.87. The zero-order chi connectivity index (χ0) is 28.8. The molecule has 3 N–H and O–H groups in total. The van der Waals surface area contributed by atoms with E-state index < -0.39 is 12.0 Å². The summed E-state index contributed by atoms with van der Waals surface area (Å²) in [5.41, 5.74) is 4.17. The highest BCUT2D eigenvalue weighted by Crippen LogP contribution is 2.29. The molecule has 0 spiro atoms. The Hall–Kier alpha value is -4.80. The molecular formula is C29H23Cl2N7O3. The van der Waals surface area contributed by atoms with Crippen molar-refractivity contribution in [3.05, 3.63) is 118 Å². The van der Waals surface area contributed by atoms with Gasteiger partial charge in [-0.15, -0.1) is 5.10 Å². The van der Waals surface area contributed by atoms with Crippen molar-refractivity contribution in [1.29, 1.82) is 0 Å². The Kier molecular flexibility index (Phi) is 8.52. The highest BCUT2D eigenvalue weighted by Gasteiger charge is 2.21. The zero-order valence-corrected chi connectivity index (χ0v) is 22.9. The Morgan fingerprint density at radius 1 is 1.02 bits per heavy atom. The van der Waals surface area contributed by atoms with Gasteiger partial charge in [-0.1, -0.05) is 77.8 Å². The lowest BCUT2D eigenvalue weighted by atomic mass is 10.1. The molecule has 0 saturated heterocycles. The third-order valence-corrected chi connectivity index (χ3v) is 6.70. The second kappa shape index (κ2) is 12.6. The number of tetrazole rings is 1. The van der Waals surface area contributed by atoms with Gasteiger partial charge in [-0.05, 0) is 52.2 Å². The number of carbonyl (C=O) groups excluding carboxylic acids is 1. The standard InChI is InChI=1S/C29H23Cl2N7O3/c30-22-11-12-24(38-17-32-36-37-38)21(16-22)10-13-25(39)33-23(14-18-4-2-1-3-5-18)29-34-27(28(31)35-29)20-8-6-19(7-9-20)15-26(40)41/h1-13,16-17,23H,14-15H2,(H,33,39)(H,34,35)(H,40,41)/b13-10+/t23-/m0/s1. The molecule has 41 heavy (non-hydrogen) atoms. The van der Waals surface area contributed by atoms with Crippen LogP contribution in [0.4, 0.5) is 0 Å². The monoisotopic (exact) mass is 587 g/mol. The van der Waals surface area contributed by atoms with Crippen LogP contribution in [-0.2, 0) is 22.4 Å². The number of imidazole rings is 1. The molecule has 1 atom stereocenters. The number of benzene rings is 3. The molecule has 0 unspecified atom stereocenters. The predicted molar refractivity (Wildman–Crippen MR) is 155 cm³/mol. The molecule has 206 valence electrons. The number of carbonyl (C=O) groups is 2. The summed E-state index contributed by atoms with van der Waals surface area (Å²) in [5, 5.41) is 24.1. The van der Waals surface area contributed by atoms with Crippen molar-refractivity contribution in [1.82, 2.24) is 35.5 Å². The molecule has 3 aromatic carbocycles. The summed E-state index contributed by atoms with van der Waals surface area (Å²) in [5.74, 6) is -0.795. The maximum atomic E-state index is 13.2. The van der Waals surface area contributed by atoms with E-state index in [1.54, 1.807) is 48.5 Å². The van der Waals surface area contributed by atoms with Crippen molar-refractivity contribution in [3.8, 4) is 16.9 Å². The number of rotatable bonds is 10. The highest BCUT2D eigenvalue weighted by molar-refractivity contribution is 6.32. The Bertz CT molecular complexity index is 1690. The first kappa shape index (κ1) is 27.8. The number of aromatic amines is 1. The third-order valence-electron chi connectivity index (χ3n) is 6.19. The molecule has 2 heterocycles. The van der Waals surface area contributed by atoms with Gasteiger partial charge in [0.2, 0.25) is 5.91 Å². The normalized spacial score (nSPS) is 12.0. The lowest BCUT2D eigenvalue weighted by Gasteiger charge is -2.16. The molecule has 0 bridgehead atoms. The molecular weight excluding hydrogens is 565 g/mol. The quantitative estimate of drug-likeness (QED) is 0.193. The Morgan fingerprint density at radius 2 is 1.80 bits per heavy atom. The number of H-pyrrole nitrogens is 1. The van der Waals surface area contributed by atoms with Crippen LogP contribution in [0.25, 0.3) is 23.0 Å². The minimum Gasteiger partial charge on any atom is -0.481 e. The van der Waals surface area contributed by atoms with E-state index in [2.05, 4.69) is 25.8 Å². The van der Waals surface area contributed by atoms with Gasteiger partial charge in [0.05, 0.1) is 18.2 Å². The number of nitrogens with one attached hydrogen (secondary N) is 2. The average molecular weight is 588 g/mol. The molecule has 1 amide bonds. The van der Waals surface area contributed by atoms with Gasteiger partial charge in [0.1, 0.15) is 23.0 Å². The molecule has 5 rings (SSSR count). The largest absolute Gasteiger partial charge is 0.481 e. The minimum atomic E-state index is -0.909. The summed E-state index contributed by atoms with van der Waals surface area (Å²) in [6, 6.07) is 21.3. The van der Waals surface area contributed by atoms with Crippen LogP contribution >= 0.6 is 23.2 Å². The third kappa shape index (κ3) is 7.05. The second-order valence-electron chi connectivity index (χ2n) is 9.09. The summed E-state index contributed by atoms with van der Waals surface area (Å²) in [6.45, 7) is 0. The molecule has 0 fully saturated rings. The number of hydrogen-bond donors (Lipinski definition) is 3. The zero-order valence-electron chi connectivity index (χ0n) is 21.4. The fraction of sp³-hybridized carbons (Fsp3) is 0.103. The molecule has 5 aromatic rings. The van der Waals surface area contributed by atoms with Gasteiger partial charge in [-0.25, -0.2) is 4.98 Å². The molecule has 12 heteroatoms. The van der Waals surface area contributed by atoms with Gasteiger partial charge in [0.15, 0.2) is 0 Å². The first-order valence-corrected chi connectivity index (χ1v) is 13.2. The van der Waals surface area contributed by atoms with Crippen molar-refractivity contribution in [2.75, 3.05) is 0 Å². The first-order valence-electron chi connectivity index (χ1n) is 12.5. The van der Waals surface area contributed by atoms with E-state index >= 15 is 0 Å². The Balaban J connectivity index is 1.40. The maximum absolute atomic E-state index is 13.2. The number of carboxylic acids is 1. The van der Waals surface area contributed by atoms with E-state index in [4.69, 9.17) is 33.3 Å². The van der Waals surface area contributed by atoms with Gasteiger partial charge in [-0.2, -0.15) is 4.68 Å². The van der Waals surface area contributed by atoms with E-state index in [1.807, 2.05) is 30.3 Å². The van der Waals surface area contributed by atoms with Crippen LogP contribution in [0.5, 0.6) is 0 Å². The number of halogens is 2. The van der Waals surface area contributed by atoms with E-state index in [0.717, 1.165) is 5.56 Å². The first-order chi connectivity index (χ1) is 19.9. The van der Waals surface area contributed by atoms with Crippen LogP contribution in [-0.4, -0.2) is 47.2 Å². The van der Waals surface area contributed by atoms with Crippen molar-refractivity contribution in [3.63, 3.8) is 0 Å². The average Bonchev–Trinajstić information content (AvgIpc) is 3.63. The topological polar surface area (TPSA) is 139 Å². The number of nitrogens with zero attached hydrogens (tertiary/aromatic N) is 5. The summed E-state index contributed by atoms with van der Waals surface area (Å²) >= 11 is 12.7. The number of aromatic nitrogens is 6. The van der Waals surface area contributed by atoms with Gasteiger partial charge >= 0.3 is 5.97 Å². The molecule has 10 nitrogen and oxygen atoms in total. The number of carboxylic acid groups (broad SMARTS) is 1. The van der Waals surface area contributed by atoms with Gasteiger partial charge in [0.25, 0.3) is 0 Å². The van der Waals surface area contributed by atoms with Gasteiger partial charge in [-0.3, -0.25) is 9.59 Å². The predicted octanol–water partition coefficient (Wildman–Crippen LogP) is 5.10.